The van der Waals surface area contributed by atoms with Gasteiger partial charge in [-0.15, -0.1) is 11.8 Å². The first kappa shape index (κ1) is 19.5. The Morgan fingerprint density at radius 1 is 1.26 bits per heavy atom. The van der Waals surface area contributed by atoms with Gasteiger partial charge in [-0.1, -0.05) is 22.9 Å². The molecule has 0 bridgehead atoms. The molecule has 0 spiro atoms. The smallest absolute Gasteiger partial charge is 0.321 e. The van der Waals surface area contributed by atoms with Gasteiger partial charge in [-0.3, -0.25) is 14.9 Å². The zero-order valence-corrected chi connectivity index (χ0v) is 15.3. The van der Waals surface area contributed by atoms with E-state index < -0.39 is 24.5 Å². The number of rotatable bonds is 7. The van der Waals surface area contributed by atoms with E-state index in [0.717, 1.165) is 15.8 Å². The molecule has 2 N–H and O–H groups in total. The van der Waals surface area contributed by atoms with Crippen molar-refractivity contribution in [3.05, 3.63) is 28.7 Å². The molecule has 0 radical (unpaired) electrons. The summed E-state index contributed by atoms with van der Waals surface area (Å²) in [4.78, 5) is 35.4. The summed E-state index contributed by atoms with van der Waals surface area (Å²) in [6.07, 6.45) is 0.754. The molecule has 6 nitrogen and oxygen atoms in total. The van der Waals surface area contributed by atoms with Crippen LogP contribution in [0.2, 0.25) is 0 Å². The second-order valence-corrected chi connectivity index (χ2v) is 6.70. The number of nitrogens with one attached hydrogen (secondary N) is 2. The van der Waals surface area contributed by atoms with Gasteiger partial charge in [-0.2, -0.15) is 0 Å². The zero-order chi connectivity index (χ0) is 17.2. The molecule has 0 aliphatic heterocycles. The lowest BCUT2D eigenvalue weighted by Gasteiger charge is -2.11. The number of thioether (sulfide) groups is 1. The molecule has 1 rings (SSSR count). The third-order valence-corrected chi connectivity index (χ3v) is 4.29. The summed E-state index contributed by atoms with van der Waals surface area (Å²) in [7, 11) is 0. The van der Waals surface area contributed by atoms with Crippen LogP contribution in [-0.4, -0.2) is 36.3 Å². The van der Waals surface area contributed by atoms with Crippen LogP contribution in [0.4, 0.5) is 4.79 Å². The van der Waals surface area contributed by atoms with Crippen LogP contribution >= 0.6 is 27.7 Å². The Balaban J connectivity index is 2.23. The topological polar surface area (TPSA) is 84.5 Å². The first-order valence-corrected chi connectivity index (χ1v) is 8.83. The number of carbonyl (C=O) groups is 3. The number of carbonyl (C=O) groups excluding carboxylic acids is 3. The van der Waals surface area contributed by atoms with Gasteiger partial charge in [-0.25, -0.2) is 4.79 Å². The molecular formula is C15H19BrN2O4S. The number of halogens is 1. The molecule has 126 valence electrons. The number of esters is 1. The molecule has 3 amide bonds. The summed E-state index contributed by atoms with van der Waals surface area (Å²) in [5.41, 5.74) is 0. The highest BCUT2D eigenvalue weighted by Gasteiger charge is 2.12. The van der Waals surface area contributed by atoms with E-state index in [9.17, 15) is 14.4 Å². The fourth-order valence-electron chi connectivity index (χ4n) is 1.39. The molecule has 1 atom stereocenters. The molecular weight excluding hydrogens is 384 g/mol. The van der Waals surface area contributed by atoms with E-state index in [1.165, 1.54) is 11.8 Å². The maximum atomic E-state index is 11.6. The number of imide groups is 1. The van der Waals surface area contributed by atoms with Crippen molar-refractivity contribution >= 4 is 45.6 Å². The summed E-state index contributed by atoms with van der Waals surface area (Å²) in [6.45, 7) is 3.26. The maximum Gasteiger partial charge on any atom is 0.321 e. The van der Waals surface area contributed by atoms with Gasteiger partial charge in [0, 0.05) is 15.4 Å². The van der Waals surface area contributed by atoms with Crippen molar-refractivity contribution < 1.29 is 19.1 Å². The van der Waals surface area contributed by atoms with Crippen molar-refractivity contribution in [2.45, 2.75) is 31.2 Å². The SMILES string of the molecule is CC[C@@H](C)NC(=O)NC(=O)COC(=O)CSc1ccc(Br)cc1. The van der Waals surface area contributed by atoms with Gasteiger partial charge >= 0.3 is 12.0 Å². The Labute approximate surface area is 147 Å². The van der Waals surface area contributed by atoms with Crippen LogP contribution in [0.25, 0.3) is 0 Å². The van der Waals surface area contributed by atoms with Gasteiger partial charge < -0.3 is 10.1 Å². The highest BCUT2D eigenvalue weighted by atomic mass is 79.9. The van der Waals surface area contributed by atoms with Crippen molar-refractivity contribution in [1.82, 2.24) is 10.6 Å². The molecule has 0 aliphatic rings. The molecule has 0 saturated heterocycles. The Kier molecular flexibility index (Phi) is 8.71. The van der Waals surface area contributed by atoms with Crippen LogP contribution in [0.5, 0.6) is 0 Å². The van der Waals surface area contributed by atoms with Crippen molar-refractivity contribution in [1.29, 1.82) is 0 Å². The third kappa shape index (κ3) is 8.61. The Hall–Kier alpha value is -1.54. The average Bonchev–Trinajstić information content (AvgIpc) is 2.52. The minimum absolute atomic E-state index is 0.0346. The van der Waals surface area contributed by atoms with E-state index in [0.29, 0.717) is 0 Å². The largest absolute Gasteiger partial charge is 0.455 e. The Morgan fingerprint density at radius 2 is 1.91 bits per heavy atom. The predicted molar refractivity (Wildman–Crippen MR) is 92.3 cm³/mol. The maximum absolute atomic E-state index is 11.6. The van der Waals surface area contributed by atoms with Gasteiger partial charge in [0.1, 0.15) is 0 Å². The third-order valence-electron chi connectivity index (χ3n) is 2.78. The van der Waals surface area contributed by atoms with Gasteiger partial charge in [-0.05, 0) is 37.6 Å². The van der Waals surface area contributed by atoms with E-state index in [1.807, 2.05) is 38.1 Å². The summed E-state index contributed by atoms with van der Waals surface area (Å²) < 4.78 is 5.78. The molecule has 1 aromatic rings. The molecule has 0 aliphatic carbocycles. The Morgan fingerprint density at radius 3 is 2.52 bits per heavy atom. The van der Waals surface area contributed by atoms with Crippen LogP contribution in [0.3, 0.4) is 0 Å². The minimum Gasteiger partial charge on any atom is -0.455 e. The van der Waals surface area contributed by atoms with Crippen molar-refractivity contribution in [2.75, 3.05) is 12.4 Å². The van der Waals surface area contributed by atoms with Crippen LogP contribution in [-0.2, 0) is 14.3 Å². The molecule has 0 saturated carbocycles. The Bertz CT molecular complexity index is 551. The van der Waals surface area contributed by atoms with E-state index in [-0.39, 0.29) is 11.8 Å². The molecule has 0 fully saturated rings. The van der Waals surface area contributed by atoms with Gasteiger partial charge in [0.15, 0.2) is 6.61 Å². The summed E-state index contributed by atoms with van der Waals surface area (Å²) in [5, 5.41) is 4.68. The van der Waals surface area contributed by atoms with E-state index >= 15 is 0 Å². The number of urea groups is 1. The van der Waals surface area contributed by atoms with Gasteiger partial charge in [0.25, 0.3) is 5.91 Å². The molecule has 1 aromatic carbocycles. The van der Waals surface area contributed by atoms with Crippen LogP contribution in [0.15, 0.2) is 33.6 Å². The summed E-state index contributed by atoms with van der Waals surface area (Å²) in [6, 6.07) is 6.85. The fraction of sp³-hybridized carbons (Fsp3) is 0.400. The van der Waals surface area contributed by atoms with Crippen LogP contribution in [0, 0.1) is 0 Å². The standard InChI is InChI=1S/C15H19BrN2O4S/c1-3-10(2)17-15(21)18-13(19)8-22-14(20)9-23-12-6-4-11(16)5-7-12/h4-7,10H,3,8-9H2,1-2H3,(H2,17,18,19,21)/t10-/m1/s1. The lowest BCUT2D eigenvalue weighted by Crippen LogP contribution is -2.44. The molecule has 8 heteroatoms. The second-order valence-electron chi connectivity index (χ2n) is 4.73. The van der Waals surface area contributed by atoms with Gasteiger partial charge in [0.05, 0.1) is 5.75 Å². The number of hydrogen-bond acceptors (Lipinski definition) is 5. The zero-order valence-electron chi connectivity index (χ0n) is 12.9. The van der Waals surface area contributed by atoms with Crippen molar-refractivity contribution in [2.24, 2.45) is 0 Å². The molecule has 0 aromatic heterocycles. The predicted octanol–water partition coefficient (Wildman–Crippen LogP) is 2.71. The lowest BCUT2D eigenvalue weighted by atomic mass is 10.3. The molecule has 23 heavy (non-hydrogen) atoms. The first-order valence-electron chi connectivity index (χ1n) is 7.05. The summed E-state index contributed by atoms with van der Waals surface area (Å²) in [5.74, 6) is -1.09. The fourth-order valence-corrected chi connectivity index (χ4v) is 2.35. The highest BCUT2D eigenvalue weighted by Crippen LogP contribution is 2.20. The normalized spacial score (nSPS) is 11.4. The molecule has 0 unspecified atom stereocenters. The van der Waals surface area contributed by atoms with E-state index in [1.54, 1.807) is 0 Å². The van der Waals surface area contributed by atoms with Crippen LogP contribution < -0.4 is 10.6 Å². The van der Waals surface area contributed by atoms with Gasteiger partial charge in [0.2, 0.25) is 0 Å². The first-order chi connectivity index (χ1) is 10.9. The monoisotopic (exact) mass is 402 g/mol. The van der Waals surface area contributed by atoms with E-state index in [4.69, 9.17) is 4.74 Å². The number of ether oxygens (including phenoxy) is 1. The lowest BCUT2D eigenvalue weighted by molar-refractivity contribution is -0.145. The van der Waals surface area contributed by atoms with Crippen LogP contribution in [0.1, 0.15) is 20.3 Å². The number of benzene rings is 1. The summed E-state index contributed by atoms with van der Waals surface area (Å²) >= 11 is 4.63. The quantitative estimate of drug-likeness (QED) is 0.540. The number of amides is 3. The second kappa shape index (κ2) is 10.3. The van der Waals surface area contributed by atoms with E-state index in [2.05, 4.69) is 26.6 Å². The van der Waals surface area contributed by atoms with Crippen molar-refractivity contribution in [3.63, 3.8) is 0 Å². The number of hydrogen-bond donors (Lipinski definition) is 2. The minimum atomic E-state index is -0.659. The highest BCUT2D eigenvalue weighted by molar-refractivity contribution is 9.10. The average molecular weight is 403 g/mol. The molecule has 0 heterocycles. The van der Waals surface area contributed by atoms with Crippen molar-refractivity contribution in [3.8, 4) is 0 Å².